The van der Waals surface area contributed by atoms with Crippen molar-refractivity contribution in [2.24, 2.45) is 0 Å². The van der Waals surface area contributed by atoms with Crippen LogP contribution in [0.25, 0.3) is 11.3 Å². The molecule has 2 aromatic heterocycles. The summed E-state index contributed by atoms with van der Waals surface area (Å²) in [5, 5.41) is 2.67. The lowest BCUT2D eigenvalue weighted by atomic mass is 10.1. The Labute approximate surface area is 131 Å². The number of hydrogen-bond donors (Lipinski definition) is 0. The fraction of sp³-hybridized carbons (Fsp3) is 0.188. The highest BCUT2D eigenvalue weighted by Crippen LogP contribution is 2.25. The smallest absolute Gasteiger partial charge is 0.361 e. The number of carbonyl (C=O) groups excluding carboxylic acids is 1. The average molecular weight is 314 g/mol. The second-order valence-electron chi connectivity index (χ2n) is 4.74. The summed E-state index contributed by atoms with van der Waals surface area (Å²) in [5.41, 5.74) is 1.90. The maximum atomic E-state index is 12.3. The van der Waals surface area contributed by atoms with Crippen molar-refractivity contribution in [2.75, 3.05) is 0 Å². The van der Waals surface area contributed by atoms with Crippen LogP contribution in [0, 0.1) is 13.8 Å². The lowest BCUT2D eigenvalue weighted by Gasteiger charge is -2.02. The van der Waals surface area contributed by atoms with Crippen LogP contribution in [0.2, 0.25) is 0 Å². The summed E-state index contributed by atoms with van der Waals surface area (Å²) < 4.78 is 10.8. The second-order valence-corrected chi connectivity index (χ2v) is 5.68. The Morgan fingerprint density at radius 1 is 1.23 bits per heavy atom. The quantitative estimate of drug-likeness (QED) is 0.686. The summed E-state index contributed by atoms with van der Waals surface area (Å²) in [5.74, 6) is 0.345. The summed E-state index contributed by atoms with van der Waals surface area (Å²) >= 11 is 1.46. The van der Waals surface area contributed by atoms with Crippen LogP contribution in [0.1, 0.15) is 27.1 Å². The fourth-order valence-electron chi connectivity index (χ4n) is 2.02. The van der Waals surface area contributed by atoms with Crippen molar-refractivity contribution in [3.63, 3.8) is 0 Å². The van der Waals surface area contributed by atoms with E-state index < -0.39 is 5.97 Å². The molecule has 0 aliphatic rings. The minimum Gasteiger partial charge on any atom is -0.453 e. The van der Waals surface area contributed by atoms with Gasteiger partial charge in [-0.1, -0.05) is 30.3 Å². The monoisotopic (exact) mass is 314 g/mol. The van der Waals surface area contributed by atoms with Crippen LogP contribution in [0.4, 0.5) is 0 Å². The van der Waals surface area contributed by atoms with Crippen molar-refractivity contribution in [1.29, 1.82) is 0 Å². The van der Waals surface area contributed by atoms with Gasteiger partial charge in [0.2, 0.25) is 0 Å². The van der Waals surface area contributed by atoms with E-state index in [9.17, 15) is 4.79 Å². The second kappa shape index (κ2) is 6.11. The molecule has 3 aromatic rings. The van der Waals surface area contributed by atoms with Crippen LogP contribution in [0.5, 0.6) is 0 Å². The highest BCUT2D eigenvalue weighted by atomic mass is 32.1. The third-order valence-corrected chi connectivity index (χ3v) is 3.90. The van der Waals surface area contributed by atoms with E-state index in [2.05, 4.69) is 9.97 Å². The molecule has 22 heavy (non-hydrogen) atoms. The number of benzene rings is 1. The molecule has 0 fully saturated rings. The van der Waals surface area contributed by atoms with Crippen LogP contribution in [0.3, 0.4) is 0 Å². The molecule has 3 rings (SSSR count). The van der Waals surface area contributed by atoms with Crippen molar-refractivity contribution in [2.45, 2.75) is 20.5 Å². The van der Waals surface area contributed by atoms with Gasteiger partial charge in [-0.15, -0.1) is 11.3 Å². The summed E-state index contributed by atoms with van der Waals surface area (Å²) in [6.45, 7) is 3.74. The third-order valence-electron chi connectivity index (χ3n) is 2.96. The summed E-state index contributed by atoms with van der Waals surface area (Å²) in [7, 11) is 0. The van der Waals surface area contributed by atoms with Gasteiger partial charge in [-0.2, -0.15) is 0 Å². The first kappa shape index (κ1) is 14.5. The lowest BCUT2D eigenvalue weighted by molar-refractivity contribution is 0.0466. The number of rotatable bonds is 4. The normalized spacial score (nSPS) is 10.6. The third kappa shape index (κ3) is 3.07. The minimum atomic E-state index is -0.511. The van der Waals surface area contributed by atoms with Crippen LogP contribution in [0.15, 0.2) is 40.1 Å². The molecule has 0 amide bonds. The van der Waals surface area contributed by atoms with Crippen LogP contribution < -0.4 is 0 Å². The Bertz CT molecular complexity index is 793. The molecule has 112 valence electrons. The predicted octanol–water partition coefficient (Wildman–Crippen LogP) is 3.77. The number of oxazole rings is 1. The molecule has 0 N–H and O–H groups in total. The molecule has 0 aliphatic heterocycles. The van der Waals surface area contributed by atoms with E-state index >= 15 is 0 Å². The van der Waals surface area contributed by atoms with Crippen LogP contribution >= 0.6 is 11.3 Å². The Balaban J connectivity index is 1.81. The Morgan fingerprint density at radius 3 is 2.68 bits per heavy atom. The average Bonchev–Trinajstić information content (AvgIpc) is 3.11. The first-order valence-corrected chi connectivity index (χ1v) is 7.62. The number of ether oxygens (including phenoxy) is 1. The molecule has 0 saturated heterocycles. The van der Waals surface area contributed by atoms with Gasteiger partial charge in [0.25, 0.3) is 0 Å². The molecule has 0 atom stereocenters. The van der Waals surface area contributed by atoms with Gasteiger partial charge in [0.15, 0.2) is 17.3 Å². The molecular formula is C16H14N2O3S. The van der Waals surface area contributed by atoms with E-state index in [0.29, 0.717) is 11.7 Å². The van der Waals surface area contributed by atoms with Crippen molar-refractivity contribution in [3.05, 3.63) is 58.0 Å². The summed E-state index contributed by atoms with van der Waals surface area (Å²) in [4.78, 5) is 20.7. The largest absolute Gasteiger partial charge is 0.453 e. The Hall–Kier alpha value is -2.47. The van der Waals surface area contributed by atoms with Gasteiger partial charge in [-0.25, -0.2) is 14.8 Å². The topological polar surface area (TPSA) is 65.2 Å². The van der Waals surface area contributed by atoms with Gasteiger partial charge in [0.05, 0.1) is 0 Å². The van der Waals surface area contributed by atoms with Crippen LogP contribution in [-0.2, 0) is 11.3 Å². The van der Waals surface area contributed by atoms with Crippen molar-refractivity contribution < 1.29 is 13.9 Å². The van der Waals surface area contributed by atoms with Crippen LogP contribution in [-0.4, -0.2) is 15.9 Å². The number of hydrogen-bond acceptors (Lipinski definition) is 6. The predicted molar refractivity (Wildman–Crippen MR) is 82.6 cm³/mol. The van der Waals surface area contributed by atoms with Gasteiger partial charge in [0, 0.05) is 23.6 Å². The molecular weight excluding hydrogens is 300 g/mol. The van der Waals surface area contributed by atoms with Gasteiger partial charge in [0.1, 0.15) is 11.6 Å². The molecule has 5 nitrogen and oxygen atoms in total. The zero-order valence-corrected chi connectivity index (χ0v) is 13.0. The number of aromatic nitrogens is 2. The maximum absolute atomic E-state index is 12.3. The molecule has 0 aliphatic carbocycles. The van der Waals surface area contributed by atoms with Crippen molar-refractivity contribution >= 4 is 17.3 Å². The Morgan fingerprint density at radius 2 is 2.00 bits per heavy atom. The Kier molecular flexibility index (Phi) is 4.02. The van der Waals surface area contributed by atoms with E-state index in [0.717, 1.165) is 16.3 Å². The van der Waals surface area contributed by atoms with E-state index in [-0.39, 0.29) is 12.3 Å². The molecule has 2 heterocycles. The summed E-state index contributed by atoms with van der Waals surface area (Å²) in [6.07, 6.45) is 0. The SMILES string of the molecule is Cc1csc(COC(=O)c2nc(C)oc2-c2ccccc2)n1. The van der Waals surface area contributed by atoms with Gasteiger partial charge < -0.3 is 9.15 Å². The number of carbonyl (C=O) groups is 1. The number of nitrogens with zero attached hydrogens (tertiary/aromatic N) is 2. The van der Waals surface area contributed by atoms with Gasteiger partial charge in [-0.3, -0.25) is 0 Å². The highest BCUT2D eigenvalue weighted by molar-refractivity contribution is 7.09. The van der Waals surface area contributed by atoms with Crippen molar-refractivity contribution in [3.8, 4) is 11.3 Å². The zero-order valence-electron chi connectivity index (χ0n) is 12.2. The molecule has 6 heteroatoms. The number of esters is 1. The van der Waals surface area contributed by atoms with E-state index in [1.165, 1.54) is 11.3 Å². The first-order chi connectivity index (χ1) is 10.6. The maximum Gasteiger partial charge on any atom is 0.361 e. The highest BCUT2D eigenvalue weighted by Gasteiger charge is 2.21. The molecule has 1 aromatic carbocycles. The molecule has 0 bridgehead atoms. The fourth-order valence-corrected chi connectivity index (χ4v) is 2.70. The zero-order chi connectivity index (χ0) is 15.5. The molecule has 0 saturated carbocycles. The summed E-state index contributed by atoms with van der Waals surface area (Å²) in [6, 6.07) is 9.37. The van der Waals surface area contributed by atoms with Gasteiger partial charge in [-0.05, 0) is 6.92 Å². The van der Waals surface area contributed by atoms with E-state index in [1.54, 1.807) is 6.92 Å². The molecule has 0 radical (unpaired) electrons. The first-order valence-electron chi connectivity index (χ1n) is 6.74. The van der Waals surface area contributed by atoms with E-state index in [1.807, 2.05) is 42.6 Å². The lowest BCUT2D eigenvalue weighted by Crippen LogP contribution is -2.07. The molecule has 0 unspecified atom stereocenters. The number of aryl methyl sites for hydroxylation is 2. The van der Waals surface area contributed by atoms with Crippen molar-refractivity contribution in [1.82, 2.24) is 9.97 Å². The number of thiazole rings is 1. The molecule has 0 spiro atoms. The minimum absolute atomic E-state index is 0.136. The van der Waals surface area contributed by atoms with Gasteiger partial charge >= 0.3 is 5.97 Å². The standard InChI is InChI=1S/C16H14N2O3S/c1-10-9-22-13(17-10)8-20-16(19)14-15(21-11(2)18-14)12-6-4-3-5-7-12/h3-7,9H,8H2,1-2H3. The van der Waals surface area contributed by atoms with E-state index in [4.69, 9.17) is 9.15 Å².